The molecule has 0 amide bonds. The molecular weight excluding hydrogens is 266 g/mol. The van der Waals surface area contributed by atoms with Gasteiger partial charge < -0.3 is 5.73 Å². The van der Waals surface area contributed by atoms with Gasteiger partial charge in [-0.25, -0.2) is 8.42 Å². The van der Waals surface area contributed by atoms with Gasteiger partial charge in [-0.05, 0) is 23.6 Å². The number of nitrogens with two attached hydrogens (primary N) is 1. The molecule has 0 saturated carbocycles. The highest BCUT2D eigenvalue weighted by atomic mass is 32.2. The first-order chi connectivity index (χ1) is 8.64. The van der Waals surface area contributed by atoms with Crippen LogP contribution in [0.1, 0.15) is 4.88 Å². The van der Waals surface area contributed by atoms with E-state index in [1.54, 1.807) is 41.7 Å². The number of hydrogen-bond acceptors (Lipinski definition) is 4. The summed E-state index contributed by atoms with van der Waals surface area (Å²) in [6, 6.07) is 12.3. The fourth-order valence-electron chi connectivity index (χ4n) is 1.78. The van der Waals surface area contributed by atoms with Gasteiger partial charge in [-0.15, -0.1) is 11.3 Å². The molecule has 2 N–H and O–H groups in total. The molecule has 1 aromatic carbocycles. The minimum absolute atomic E-state index is 0.134. The molecule has 1 atom stereocenters. The van der Waals surface area contributed by atoms with E-state index in [-0.39, 0.29) is 6.54 Å². The van der Waals surface area contributed by atoms with Gasteiger partial charge in [0.25, 0.3) is 0 Å². The molecule has 0 aliphatic carbocycles. The lowest BCUT2D eigenvalue weighted by Crippen LogP contribution is -2.31. The van der Waals surface area contributed by atoms with Crippen molar-refractivity contribution in [3.05, 3.63) is 52.7 Å². The second kappa shape index (κ2) is 5.65. The standard InChI is InChI=1S/C13H15NO2S2/c14-10-13(9-11-5-4-8-17-11)18(15,16)12-6-2-1-3-7-12/h1-8,13H,9-10,14H2. The predicted molar refractivity (Wildman–Crippen MR) is 74.5 cm³/mol. The van der Waals surface area contributed by atoms with Crippen LogP contribution < -0.4 is 5.73 Å². The van der Waals surface area contributed by atoms with Crippen LogP contribution in [-0.4, -0.2) is 20.2 Å². The Labute approximate surface area is 111 Å². The van der Waals surface area contributed by atoms with Gasteiger partial charge in [0.05, 0.1) is 10.1 Å². The molecular formula is C13H15NO2S2. The highest BCUT2D eigenvalue weighted by Crippen LogP contribution is 2.20. The first-order valence-electron chi connectivity index (χ1n) is 5.66. The van der Waals surface area contributed by atoms with Crippen molar-refractivity contribution in [1.82, 2.24) is 0 Å². The Bertz CT molecular complexity index is 577. The van der Waals surface area contributed by atoms with Gasteiger partial charge in [-0.2, -0.15) is 0 Å². The van der Waals surface area contributed by atoms with Crippen LogP contribution in [0.2, 0.25) is 0 Å². The van der Waals surface area contributed by atoms with Gasteiger partial charge in [0.1, 0.15) is 0 Å². The zero-order valence-electron chi connectivity index (χ0n) is 9.82. The van der Waals surface area contributed by atoms with Crippen molar-refractivity contribution >= 4 is 21.2 Å². The van der Waals surface area contributed by atoms with Crippen molar-refractivity contribution in [1.29, 1.82) is 0 Å². The quantitative estimate of drug-likeness (QED) is 0.913. The molecule has 0 aliphatic heterocycles. The SMILES string of the molecule is NCC(Cc1cccs1)S(=O)(=O)c1ccccc1. The van der Waals surface area contributed by atoms with Crippen LogP contribution in [0, 0.1) is 0 Å². The molecule has 3 nitrogen and oxygen atoms in total. The van der Waals surface area contributed by atoms with Crippen molar-refractivity contribution in [2.75, 3.05) is 6.54 Å². The van der Waals surface area contributed by atoms with Crippen LogP contribution in [0.4, 0.5) is 0 Å². The Hall–Kier alpha value is -1.17. The summed E-state index contributed by atoms with van der Waals surface area (Å²) in [4.78, 5) is 1.39. The summed E-state index contributed by atoms with van der Waals surface area (Å²) in [6.45, 7) is 0.134. The third kappa shape index (κ3) is 2.80. The van der Waals surface area contributed by atoms with Crippen LogP contribution >= 0.6 is 11.3 Å². The summed E-state index contributed by atoms with van der Waals surface area (Å²) < 4.78 is 24.8. The lowest BCUT2D eigenvalue weighted by Gasteiger charge is -2.15. The van der Waals surface area contributed by atoms with Gasteiger partial charge in [0.15, 0.2) is 9.84 Å². The highest BCUT2D eigenvalue weighted by molar-refractivity contribution is 7.92. The zero-order valence-corrected chi connectivity index (χ0v) is 11.5. The van der Waals surface area contributed by atoms with Crippen molar-refractivity contribution in [2.24, 2.45) is 5.73 Å². The van der Waals surface area contributed by atoms with Gasteiger partial charge in [-0.1, -0.05) is 24.3 Å². The summed E-state index contributed by atoms with van der Waals surface area (Å²) in [7, 11) is -3.35. The molecule has 96 valence electrons. The van der Waals surface area contributed by atoms with E-state index in [2.05, 4.69) is 0 Å². The maximum Gasteiger partial charge on any atom is 0.182 e. The maximum atomic E-state index is 12.4. The molecule has 0 fully saturated rings. The van der Waals surface area contributed by atoms with E-state index >= 15 is 0 Å². The molecule has 0 saturated heterocycles. The molecule has 2 rings (SSSR count). The molecule has 5 heteroatoms. The van der Waals surface area contributed by atoms with Crippen molar-refractivity contribution in [3.63, 3.8) is 0 Å². The van der Waals surface area contributed by atoms with Crippen LogP contribution in [0.15, 0.2) is 52.7 Å². The Balaban J connectivity index is 2.27. The molecule has 18 heavy (non-hydrogen) atoms. The highest BCUT2D eigenvalue weighted by Gasteiger charge is 2.26. The topological polar surface area (TPSA) is 60.2 Å². The van der Waals surface area contributed by atoms with E-state index < -0.39 is 15.1 Å². The third-order valence-corrected chi connectivity index (χ3v) is 5.85. The Morgan fingerprint density at radius 2 is 1.83 bits per heavy atom. The molecule has 2 aromatic rings. The van der Waals surface area contributed by atoms with Crippen molar-refractivity contribution < 1.29 is 8.42 Å². The van der Waals surface area contributed by atoms with Crippen LogP contribution in [0.25, 0.3) is 0 Å². The summed E-state index contributed by atoms with van der Waals surface area (Å²) in [5.74, 6) is 0. The normalized spacial score (nSPS) is 13.4. The van der Waals surface area contributed by atoms with E-state index in [0.29, 0.717) is 11.3 Å². The molecule has 0 bridgehead atoms. The van der Waals surface area contributed by atoms with E-state index in [1.807, 2.05) is 17.5 Å². The largest absolute Gasteiger partial charge is 0.329 e. The molecule has 0 radical (unpaired) electrons. The van der Waals surface area contributed by atoms with E-state index in [9.17, 15) is 8.42 Å². The third-order valence-electron chi connectivity index (χ3n) is 2.78. The van der Waals surface area contributed by atoms with Crippen LogP contribution in [-0.2, 0) is 16.3 Å². The average Bonchev–Trinajstić information content (AvgIpc) is 2.89. The van der Waals surface area contributed by atoms with Crippen LogP contribution in [0.5, 0.6) is 0 Å². The van der Waals surface area contributed by atoms with E-state index in [1.165, 1.54) is 0 Å². The number of rotatable bonds is 5. The Kier molecular flexibility index (Phi) is 4.16. The lowest BCUT2D eigenvalue weighted by molar-refractivity contribution is 0.578. The van der Waals surface area contributed by atoms with Gasteiger partial charge in [-0.3, -0.25) is 0 Å². The van der Waals surface area contributed by atoms with Crippen LogP contribution in [0.3, 0.4) is 0 Å². The summed E-state index contributed by atoms with van der Waals surface area (Å²) >= 11 is 1.56. The molecule has 1 heterocycles. The predicted octanol–water partition coefficient (Wildman–Crippen LogP) is 2.09. The smallest absolute Gasteiger partial charge is 0.182 e. The number of benzene rings is 1. The lowest BCUT2D eigenvalue weighted by atomic mass is 10.2. The van der Waals surface area contributed by atoms with Gasteiger partial charge >= 0.3 is 0 Å². The molecule has 0 spiro atoms. The second-order valence-electron chi connectivity index (χ2n) is 4.00. The van der Waals surface area contributed by atoms with Gasteiger partial charge in [0.2, 0.25) is 0 Å². The van der Waals surface area contributed by atoms with E-state index in [0.717, 1.165) is 4.88 Å². The summed E-state index contributed by atoms with van der Waals surface area (Å²) in [6.07, 6.45) is 0.478. The fourth-order valence-corrected chi connectivity index (χ4v) is 4.24. The Morgan fingerprint density at radius 3 is 2.39 bits per heavy atom. The van der Waals surface area contributed by atoms with E-state index in [4.69, 9.17) is 5.73 Å². The number of thiophene rings is 1. The molecule has 1 aromatic heterocycles. The van der Waals surface area contributed by atoms with Crippen molar-refractivity contribution in [3.8, 4) is 0 Å². The first-order valence-corrected chi connectivity index (χ1v) is 8.08. The summed E-state index contributed by atoms with van der Waals surface area (Å²) in [5.41, 5.74) is 5.64. The minimum atomic E-state index is -3.35. The first kappa shape index (κ1) is 13.3. The summed E-state index contributed by atoms with van der Waals surface area (Å²) in [5, 5.41) is 1.39. The molecule has 0 aliphatic rings. The average molecular weight is 281 g/mol. The molecule has 1 unspecified atom stereocenters. The zero-order chi connectivity index (χ0) is 13.0. The monoisotopic (exact) mass is 281 g/mol. The Morgan fingerprint density at radius 1 is 1.11 bits per heavy atom. The van der Waals surface area contributed by atoms with Gasteiger partial charge in [0, 0.05) is 17.8 Å². The van der Waals surface area contributed by atoms with Crippen molar-refractivity contribution in [2.45, 2.75) is 16.6 Å². The minimum Gasteiger partial charge on any atom is -0.329 e. The number of sulfone groups is 1. The number of hydrogen-bond donors (Lipinski definition) is 1. The fraction of sp³-hybridized carbons (Fsp3) is 0.231. The maximum absolute atomic E-state index is 12.4. The second-order valence-corrected chi connectivity index (χ2v) is 7.26.